The van der Waals surface area contributed by atoms with Crippen molar-refractivity contribution in [1.29, 1.82) is 0 Å². The van der Waals surface area contributed by atoms with Gasteiger partial charge in [-0.3, -0.25) is 19.3 Å². The van der Waals surface area contributed by atoms with E-state index in [0.29, 0.717) is 24.0 Å². The van der Waals surface area contributed by atoms with Crippen molar-refractivity contribution in [1.82, 2.24) is 9.80 Å². The fraction of sp³-hybridized carbons (Fsp3) is 0.407. The second-order valence-corrected chi connectivity index (χ2v) is 9.55. The van der Waals surface area contributed by atoms with Gasteiger partial charge in [0.15, 0.2) is 0 Å². The van der Waals surface area contributed by atoms with Crippen LogP contribution in [0.3, 0.4) is 0 Å². The predicted molar refractivity (Wildman–Crippen MR) is 130 cm³/mol. The van der Waals surface area contributed by atoms with Crippen LogP contribution in [0, 0.1) is 0 Å². The predicted octanol–water partition coefficient (Wildman–Crippen LogP) is 4.43. The van der Waals surface area contributed by atoms with Crippen molar-refractivity contribution >= 4 is 23.9 Å². The monoisotopic (exact) mass is 480 g/mol. The molecule has 1 aliphatic heterocycles. The number of hydrogen-bond donors (Lipinski definition) is 0. The van der Waals surface area contributed by atoms with Crippen LogP contribution in [-0.4, -0.2) is 58.9 Å². The lowest BCUT2D eigenvalue weighted by Crippen LogP contribution is -2.41. The molecule has 0 radical (unpaired) electrons. The Balaban J connectivity index is 1.62. The number of nitrogens with zero attached hydrogens (tertiary/aromatic N) is 2. The summed E-state index contributed by atoms with van der Waals surface area (Å²) in [6.07, 6.45) is 0.193. The first-order valence-corrected chi connectivity index (χ1v) is 11.7. The van der Waals surface area contributed by atoms with Gasteiger partial charge in [0.1, 0.15) is 12.2 Å². The average molecular weight is 481 g/mol. The van der Waals surface area contributed by atoms with E-state index in [1.807, 2.05) is 30.3 Å². The number of imide groups is 1. The molecule has 1 aliphatic rings. The minimum Gasteiger partial charge on any atom is -0.460 e. The van der Waals surface area contributed by atoms with Gasteiger partial charge in [-0.15, -0.1) is 0 Å². The number of benzene rings is 2. The number of hydrogen-bond acceptors (Lipinski definition) is 6. The number of amides is 3. The summed E-state index contributed by atoms with van der Waals surface area (Å²) < 4.78 is 10.9. The van der Waals surface area contributed by atoms with Crippen molar-refractivity contribution in [2.45, 2.75) is 58.3 Å². The number of carbonyl (C=O) groups is 4. The van der Waals surface area contributed by atoms with Gasteiger partial charge in [0.05, 0.1) is 17.5 Å². The molecule has 1 atom stereocenters. The molecule has 0 spiro atoms. The number of fused-ring (bicyclic) bond motifs is 1. The SMILES string of the molecule is CN(C(=O)OCc1ccccc1)[C@@H](CCCN1C(=O)c2ccccc2C1=O)CC(=O)OC(C)(C)C. The highest BCUT2D eigenvalue weighted by Gasteiger charge is 2.35. The van der Waals surface area contributed by atoms with E-state index in [4.69, 9.17) is 9.47 Å². The Kier molecular flexibility index (Phi) is 8.27. The van der Waals surface area contributed by atoms with Gasteiger partial charge in [-0.25, -0.2) is 4.79 Å². The second kappa shape index (κ2) is 11.2. The Morgan fingerprint density at radius 3 is 2.09 bits per heavy atom. The van der Waals surface area contributed by atoms with Crippen LogP contribution in [-0.2, 0) is 20.9 Å². The van der Waals surface area contributed by atoms with Crippen LogP contribution in [0.25, 0.3) is 0 Å². The van der Waals surface area contributed by atoms with Gasteiger partial charge in [-0.05, 0) is 51.3 Å². The van der Waals surface area contributed by atoms with E-state index in [2.05, 4.69) is 0 Å². The Bertz CT molecular complexity index is 1040. The summed E-state index contributed by atoms with van der Waals surface area (Å²) in [5, 5.41) is 0. The highest BCUT2D eigenvalue weighted by atomic mass is 16.6. The van der Waals surface area contributed by atoms with E-state index in [1.54, 1.807) is 52.1 Å². The van der Waals surface area contributed by atoms with Gasteiger partial charge in [0.2, 0.25) is 0 Å². The number of ether oxygens (including phenoxy) is 2. The summed E-state index contributed by atoms with van der Waals surface area (Å²) in [6, 6.07) is 15.5. The fourth-order valence-electron chi connectivity index (χ4n) is 3.91. The molecule has 0 bridgehead atoms. The normalized spacial score (nSPS) is 13.9. The number of carbonyl (C=O) groups excluding carboxylic acids is 4. The molecule has 0 saturated carbocycles. The van der Waals surface area contributed by atoms with Gasteiger partial charge in [-0.1, -0.05) is 42.5 Å². The summed E-state index contributed by atoms with van der Waals surface area (Å²) in [6.45, 7) is 5.63. The fourth-order valence-corrected chi connectivity index (χ4v) is 3.91. The molecular weight excluding hydrogens is 448 g/mol. The Labute approximate surface area is 205 Å². The lowest BCUT2D eigenvalue weighted by atomic mass is 10.1. The zero-order valence-corrected chi connectivity index (χ0v) is 20.7. The van der Waals surface area contributed by atoms with Crippen LogP contribution >= 0.6 is 0 Å². The molecule has 35 heavy (non-hydrogen) atoms. The highest BCUT2D eigenvalue weighted by Crippen LogP contribution is 2.24. The molecule has 2 aromatic carbocycles. The van der Waals surface area contributed by atoms with Gasteiger partial charge in [0.25, 0.3) is 11.8 Å². The second-order valence-electron chi connectivity index (χ2n) is 9.55. The third-order valence-electron chi connectivity index (χ3n) is 5.66. The lowest BCUT2D eigenvalue weighted by molar-refractivity contribution is -0.156. The molecule has 0 saturated heterocycles. The van der Waals surface area contributed by atoms with E-state index in [9.17, 15) is 19.2 Å². The van der Waals surface area contributed by atoms with Crippen molar-refractivity contribution in [3.8, 4) is 0 Å². The summed E-state index contributed by atoms with van der Waals surface area (Å²) in [7, 11) is 1.57. The molecular formula is C27H32N2O6. The van der Waals surface area contributed by atoms with E-state index in [1.165, 1.54) is 9.80 Å². The van der Waals surface area contributed by atoms with Crippen molar-refractivity contribution in [2.24, 2.45) is 0 Å². The first-order chi connectivity index (χ1) is 16.6. The van der Waals surface area contributed by atoms with E-state index in [-0.39, 0.29) is 31.4 Å². The molecule has 8 nitrogen and oxygen atoms in total. The maximum Gasteiger partial charge on any atom is 0.410 e. The van der Waals surface area contributed by atoms with E-state index in [0.717, 1.165) is 5.56 Å². The maximum absolute atomic E-state index is 12.7. The van der Waals surface area contributed by atoms with Crippen molar-refractivity contribution in [3.63, 3.8) is 0 Å². The molecule has 0 fully saturated rings. The number of esters is 1. The van der Waals surface area contributed by atoms with Crippen LogP contribution in [0.2, 0.25) is 0 Å². The molecule has 3 rings (SSSR count). The first kappa shape index (κ1) is 25.9. The quantitative estimate of drug-likeness (QED) is 0.389. The summed E-state index contributed by atoms with van der Waals surface area (Å²) in [5.41, 5.74) is 0.978. The smallest absolute Gasteiger partial charge is 0.410 e. The van der Waals surface area contributed by atoms with Crippen LogP contribution in [0.5, 0.6) is 0 Å². The summed E-state index contributed by atoms with van der Waals surface area (Å²) in [5.74, 6) is -1.10. The molecule has 0 N–H and O–H groups in total. The average Bonchev–Trinajstić information content (AvgIpc) is 3.06. The zero-order valence-electron chi connectivity index (χ0n) is 20.7. The third-order valence-corrected chi connectivity index (χ3v) is 5.66. The largest absolute Gasteiger partial charge is 0.460 e. The van der Waals surface area contributed by atoms with Gasteiger partial charge < -0.3 is 14.4 Å². The van der Waals surface area contributed by atoms with E-state index < -0.39 is 23.7 Å². The van der Waals surface area contributed by atoms with E-state index >= 15 is 0 Å². The molecule has 8 heteroatoms. The molecule has 186 valence electrons. The van der Waals surface area contributed by atoms with Crippen LogP contribution < -0.4 is 0 Å². The molecule has 3 amide bonds. The van der Waals surface area contributed by atoms with Gasteiger partial charge in [-0.2, -0.15) is 0 Å². The Hall–Kier alpha value is -3.68. The Morgan fingerprint density at radius 1 is 0.943 bits per heavy atom. The molecule has 0 aliphatic carbocycles. The maximum atomic E-state index is 12.7. The standard InChI is InChI=1S/C27H32N2O6/c1-27(2,3)35-23(30)17-20(28(4)26(33)34-18-19-11-6-5-7-12-19)13-10-16-29-24(31)21-14-8-9-15-22(21)25(29)32/h5-9,11-12,14-15,20H,10,13,16-18H2,1-4H3/t20-/m0/s1. The summed E-state index contributed by atoms with van der Waals surface area (Å²) >= 11 is 0. The lowest BCUT2D eigenvalue weighted by Gasteiger charge is -2.29. The highest BCUT2D eigenvalue weighted by molar-refractivity contribution is 6.21. The minimum atomic E-state index is -0.659. The molecule has 0 unspecified atom stereocenters. The third kappa shape index (κ3) is 6.91. The first-order valence-electron chi connectivity index (χ1n) is 11.7. The van der Waals surface area contributed by atoms with Gasteiger partial charge in [0, 0.05) is 19.6 Å². The van der Waals surface area contributed by atoms with Crippen molar-refractivity contribution in [3.05, 3.63) is 71.3 Å². The Morgan fingerprint density at radius 2 is 1.51 bits per heavy atom. The number of rotatable bonds is 9. The van der Waals surface area contributed by atoms with Crippen LogP contribution in [0.4, 0.5) is 4.79 Å². The molecule has 1 heterocycles. The minimum absolute atomic E-state index is 0.0314. The van der Waals surface area contributed by atoms with Crippen LogP contribution in [0.15, 0.2) is 54.6 Å². The van der Waals surface area contributed by atoms with Crippen LogP contribution in [0.1, 0.15) is 66.3 Å². The summed E-state index contributed by atoms with van der Waals surface area (Å²) in [4.78, 5) is 53.1. The van der Waals surface area contributed by atoms with Crippen molar-refractivity contribution in [2.75, 3.05) is 13.6 Å². The molecule has 2 aromatic rings. The van der Waals surface area contributed by atoms with Crippen molar-refractivity contribution < 1.29 is 28.7 Å². The zero-order chi connectivity index (χ0) is 25.6. The molecule has 0 aromatic heterocycles. The topological polar surface area (TPSA) is 93.2 Å². The van der Waals surface area contributed by atoms with Gasteiger partial charge >= 0.3 is 12.1 Å².